The molecule has 6 heteroatoms. The number of hydrogen-bond donors (Lipinski definition) is 0. The van der Waals surface area contributed by atoms with Gasteiger partial charge < -0.3 is 14.2 Å². The SMILES string of the molecule is COc1ccc(C(=O)N2CCC[C@@H](n3ccnc3)C2)c(F)c1. The molecule has 0 unspecified atom stereocenters. The second kappa shape index (κ2) is 6.17. The third-order valence-electron chi connectivity index (χ3n) is 4.04. The lowest BCUT2D eigenvalue weighted by Crippen LogP contribution is -2.40. The van der Waals surface area contributed by atoms with Crippen molar-refractivity contribution in [1.29, 1.82) is 0 Å². The molecule has 1 aliphatic rings. The molecule has 0 bridgehead atoms. The van der Waals surface area contributed by atoms with Gasteiger partial charge in [-0.3, -0.25) is 4.79 Å². The fraction of sp³-hybridized carbons (Fsp3) is 0.375. The van der Waals surface area contributed by atoms with Crippen LogP contribution in [0.15, 0.2) is 36.9 Å². The molecule has 1 fully saturated rings. The van der Waals surface area contributed by atoms with Crippen LogP contribution in [0.25, 0.3) is 0 Å². The Bertz CT molecular complexity index is 657. The van der Waals surface area contributed by atoms with Crippen LogP contribution in [0.3, 0.4) is 0 Å². The van der Waals surface area contributed by atoms with E-state index in [4.69, 9.17) is 4.74 Å². The van der Waals surface area contributed by atoms with Gasteiger partial charge in [-0.1, -0.05) is 0 Å². The van der Waals surface area contributed by atoms with Gasteiger partial charge in [0.25, 0.3) is 5.91 Å². The van der Waals surface area contributed by atoms with Crippen LogP contribution >= 0.6 is 0 Å². The number of rotatable bonds is 3. The Hall–Kier alpha value is -2.37. The molecule has 1 saturated heterocycles. The van der Waals surface area contributed by atoms with E-state index in [1.807, 2.05) is 10.8 Å². The van der Waals surface area contributed by atoms with Crippen molar-refractivity contribution in [3.63, 3.8) is 0 Å². The van der Waals surface area contributed by atoms with Gasteiger partial charge in [-0.05, 0) is 25.0 Å². The van der Waals surface area contributed by atoms with Crippen molar-refractivity contribution in [1.82, 2.24) is 14.5 Å². The Balaban J connectivity index is 1.77. The smallest absolute Gasteiger partial charge is 0.256 e. The zero-order valence-electron chi connectivity index (χ0n) is 12.4. The quantitative estimate of drug-likeness (QED) is 0.875. The van der Waals surface area contributed by atoms with E-state index in [1.165, 1.54) is 19.2 Å². The van der Waals surface area contributed by atoms with Crippen LogP contribution in [0.1, 0.15) is 29.2 Å². The number of nitrogens with zero attached hydrogens (tertiary/aromatic N) is 3. The van der Waals surface area contributed by atoms with Crippen molar-refractivity contribution in [2.45, 2.75) is 18.9 Å². The van der Waals surface area contributed by atoms with Gasteiger partial charge in [0.15, 0.2) is 0 Å². The van der Waals surface area contributed by atoms with E-state index in [2.05, 4.69) is 4.98 Å². The van der Waals surface area contributed by atoms with Gasteiger partial charge in [-0.15, -0.1) is 0 Å². The maximum absolute atomic E-state index is 14.1. The van der Waals surface area contributed by atoms with Gasteiger partial charge >= 0.3 is 0 Å². The molecule has 1 aromatic carbocycles. The van der Waals surface area contributed by atoms with Crippen molar-refractivity contribution in [3.05, 3.63) is 48.3 Å². The zero-order chi connectivity index (χ0) is 15.5. The maximum Gasteiger partial charge on any atom is 0.256 e. The number of imidazole rings is 1. The number of carbonyl (C=O) groups excluding carboxylic acids is 1. The summed E-state index contributed by atoms with van der Waals surface area (Å²) in [4.78, 5) is 18.3. The minimum absolute atomic E-state index is 0.0899. The molecule has 0 spiro atoms. The van der Waals surface area contributed by atoms with Gasteiger partial charge in [-0.2, -0.15) is 0 Å². The van der Waals surface area contributed by atoms with E-state index in [-0.39, 0.29) is 17.5 Å². The van der Waals surface area contributed by atoms with Crippen LogP contribution < -0.4 is 4.74 Å². The van der Waals surface area contributed by atoms with Crippen molar-refractivity contribution in [3.8, 4) is 5.75 Å². The van der Waals surface area contributed by atoms with Crippen LogP contribution in [-0.2, 0) is 0 Å². The van der Waals surface area contributed by atoms with Crippen molar-refractivity contribution in [2.24, 2.45) is 0 Å². The third-order valence-corrected chi connectivity index (χ3v) is 4.04. The summed E-state index contributed by atoms with van der Waals surface area (Å²) >= 11 is 0. The molecule has 2 aromatic rings. The molecule has 3 rings (SSSR count). The summed E-state index contributed by atoms with van der Waals surface area (Å²) in [5.74, 6) is -0.414. The standard InChI is InChI=1S/C16H18FN3O2/c1-22-13-4-5-14(15(17)9-13)16(21)19-7-2-3-12(10-19)20-8-6-18-11-20/h4-6,8-9,11-12H,2-3,7,10H2,1H3/t12-/m1/s1. The van der Waals surface area contributed by atoms with Gasteiger partial charge in [0, 0.05) is 31.5 Å². The molecular formula is C16H18FN3O2. The fourth-order valence-electron chi connectivity index (χ4n) is 2.83. The summed E-state index contributed by atoms with van der Waals surface area (Å²) in [6.07, 6.45) is 7.26. The average molecular weight is 303 g/mol. The molecule has 2 heterocycles. The van der Waals surface area contributed by atoms with Crippen LogP contribution in [0.2, 0.25) is 0 Å². The highest BCUT2D eigenvalue weighted by Gasteiger charge is 2.26. The molecule has 1 aromatic heterocycles. The molecule has 22 heavy (non-hydrogen) atoms. The lowest BCUT2D eigenvalue weighted by atomic mass is 10.0. The number of likely N-dealkylation sites (tertiary alicyclic amines) is 1. The van der Waals surface area contributed by atoms with E-state index < -0.39 is 5.82 Å². The predicted octanol–water partition coefficient (Wildman–Crippen LogP) is 2.51. The number of ether oxygens (including phenoxy) is 1. The van der Waals surface area contributed by atoms with Gasteiger partial charge in [0.2, 0.25) is 0 Å². The van der Waals surface area contributed by atoms with E-state index in [0.29, 0.717) is 18.8 Å². The first-order chi connectivity index (χ1) is 10.7. The van der Waals surface area contributed by atoms with Crippen molar-refractivity contribution < 1.29 is 13.9 Å². The normalized spacial score (nSPS) is 18.3. The Morgan fingerprint density at radius 3 is 3.00 bits per heavy atom. The molecule has 1 atom stereocenters. The molecule has 5 nitrogen and oxygen atoms in total. The number of halogens is 1. The van der Waals surface area contributed by atoms with E-state index in [0.717, 1.165) is 12.8 Å². The first-order valence-corrected chi connectivity index (χ1v) is 7.29. The number of hydrogen-bond acceptors (Lipinski definition) is 3. The summed E-state index contributed by atoms with van der Waals surface area (Å²) in [6.45, 7) is 1.22. The van der Waals surface area contributed by atoms with E-state index in [9.17, 15) is 9.18 Å². The topological polar surface area (TPSA) is 47.4 Å². The monoisotopic (exact) mass is 303 g/mol. The van der Waals surface area contributed by atoms with E-state index >= 15 is 0 Å². The Labute approximate surface area is 128 Å². The number of methoxy groups -OCH3 is 1. The molecule has 0 N–H and O–H groups in total. The maximum atomic E-state index is 14.1. The summed E-state index contributed by atoms with van der Waals surface area (Å²) in [6, 6.07) is 4.52. The molecule has 1 amide bonds. The first kappa shape index (κ1) is 14.6. The molecule has 0 radical (unpaired) electrons. The molecule has 1 aliphatic heterocycles. The van der Waals surface area contributed by atoms with Crippen molar-refractivity contribution >= 4 is 5.91 Å². The third kappa shape index (κ3) is 2.81. The van der Waals surface area contributed by atoms with Gasteiger partial charge in [0.1, 0.15) is 11.6 Å². The van der Waals surface area contributed by atoms with Crippen LogP contribution in [0, 0.1) is 5.82 Å². The summed E-state index contributed by atoms with van der Waals surface area (Å²) in [5, 5.41) is 0. The fourth-order valence-corrected chi connectivity index (χ4v) is 2.83. The predicted molar refractivity (Wildman–Crippen MR) is 79.4 cm³/mol. The lowest BCUT2D eigenvalue weighted by Gasteiger charge is -2.33. The highest BCUT2D eigenvalue weighted by molar-refractivity contribution is 5.94. The number of benzene rings is 1. The van der Waals surface area contributed by atoms with Gasteiger partial charge in [0.05, 0.1) is 25.0 Å². The highest BCUT2D eigenvalue weighted by Crippen LogP contribution is 2.24. The average Bonchev–Trinajstić information content (AvgIpc) is 3.09. The minimum atomic E-state index is -0.547. The Morgan fingerprint density at radius 2 is 2.32 bits per heavy atom. The number of aromatic nitrogens is 2. The first-order valence-electron chi connectivity index (χ1n) is 7.29. The number of amides is 1. The summed E-state index contributed by atoms with van der Waals surface area (Å²) in [7, 11) is 1.47. The molecule has 0 saturated carbocycles. The Kier molecular flexibility index (Phi) is 4.09. The molecule has 116 valence electrons. The van der Waals surface area contributed by atoms with Crippen LogP contribution in [0.4, 0.5) is 4.39 Å². The lowest BCUT2D eigenvalue weighted by molar-refractivity contribution is 0.0674. The second-order valence-electron chi connectivity index (χ2n) is 5.40. The minimum Gasteiger partial charge on any atom is -0.497 e. The second-order valence-corrected chi connectivity index (χ2v) is 5.40. The summed E-state index contributed by atoms with van der Waals surface area (Å²) in [5.41, 5.74) is 0.0899. The molecular weight excluding hydrogens is 285 g/mol. The molecule has 0 aliphatic carbocycles. The number of carbonyl (C=O) groups is 1. The highest BCUT2D eigenvalue weighted by atomic mass is 19.1. The van der Waals surface area contributed by atoms with Gasteiger partial charge in [-0.25, -0.2) is 9.37 Å². The van der Waals surface area contributed by atoms with Crippen molar-refractivity contribution in [2.75, 3.05) is 20.2 Å². The Morgan fingerprint density at radius 1 is 1.45 bits per heavy atom. The zero-order valence-corrected chi connectivity index (χ0v) is 12.4. The van der Waals surface area contributed by atoms with Crippen LogP contribution in [0.5, 0.6) is 5.75 Å². The summed E-state index contributed by atoms with van der Waals surface area (Å²) < 4.78 is 21.0. The largest absolute Gasteiger partial charge is 0.497 e. The number of piperidine rings is 1. The van der Waals surface area contributed by atoms with Crippen LogP contribution in [-0.4, -0.2) is 40.6 Å². The van der Waals surface area contributed by atoms with E-state index in [1.54, 1.807) is 23.5 Å².